The van der Waals surface area contributed by atoms with E-state index in [2.05, 4.69) is 5.92 Å². The molecule has 0 atom stereocenters. The summed E-state index contributed by atoms with van der Waals surface area (Å²) in [6.07, 6.45) is 6.79. The lowest BCUT2D eigenvalue weighted by Gasteiger charge is -2.13. The van der Waals surface area contributed by atoms with E-state index < -0.39 is 0 Å². The Bertz CT molecular complexity index is 1040. The van der Waals surface area contributed by atoms with Gasteiger partial charge in [-0.05, 0) is 49.6 Å². The molecule has 0 aliphatic heterocycles. The molecule has 1 heterocycles. The molecule has 0 fully saturated rings. The van der Waals surface area contributed by atoms with Gasteiger partial charge in [-0.15, -0.1) is 12.3 Å². The van der Waals surface area contributed by atoms with Crippen LogP contribution in [-0.2, 0) is 6.61 Å². The molecule has 138 valence electrons. The van der Waals surface area contributed by atoms with Gasteiger partial charge < -0.3 is 13.9 Å². The van der Waals surface area contributed by atoms with Crippen molar-refractivity contribution in [3.05, 3.63) is 69.6 Å². The average Bonchev–Trinajstić information content (AvgIpc) is 2.64. The summed E-state index contributed by atoms with van der Waals surface area (Å²) >= 11 is 0. The van der Waals surface area contributed by atoms with E-state index in [1.54, 1.807) is 6.07 Å². The zero-order valence-corrected chi connectivity index (χ0v) is 15.6. The summed E-state index contributed by atoms with van der Waals surface area (Å²) in [5, 5.41) is 0.898. The largest absolute Gasteiger partial charge is 0.493 e. The Morgan fingerprint density at radius 2 is 1.93 bits per heavy atom. The summed E-state index contributed by atoms with van der Waals surface area (Å²) in [5.74, 6) is 4.05. The Morgan fingerprint density at radius 3 is 2.74 bits per heavy atom. The maximum Gasteiger partial charge on any atom is 0.336 e. The third-order valence-electron chi connectivity index (χ3n) is 4.26. The first-order valence-electron chi connectivity index (χ1n) is 8.90. The molecule has 4 nitrogen and oxygen atoms in total. The predicted molar refractivity (Wildman–Crippen MR) is 106 cm³/mol. The number of terminal acetylenes is 1. The normalized spacial score (nSPS) is 10.6. The fourth-order valence-electron chi connectivity index (χ4n) is 2.83. The van der Waals surface area contributed by atoms with Crippen molar-refractivity contribution in [2.24, 2.45) is 0 Å². The molecule has 0 saturated carbocycles. The zero-order valence-electron chi connectivity index (χ0n) is 15.6. The second kappa shape index (κ2) is 8.46. The fraction of sp³-hybridized carbons (Fsp3) is 0.261. The highest BCUT2D eigenvalue weighted by molar-refractivity contribution is 5.81. The van der Waals surface area contributed by atoms with Gasteiger partial charge in [0.05, 0.1) is 6.61 Å². The SMILES string of the molecule is C#CCCCOc1cc(C)ccc1COc1ccc2c(C)cc(=O)oc2c1. The summed E-state index contributed by atoms with van der Waals surface area (Å²) in [6.45, 7) is 4.83. The van der Waals surface area contributed by atoms with Crippen molar-refractivity contribution in [2.75, 3.05) is 6.61 Å². The van der Waals surface area contributed by atoms with E-state index in [1.165, 1.54) is 6.07 Å². The molecule has 2 aromatic carbocycles. The number of aryl methyl sites for hydroxylation is 2. The highest BCUT2D eigenvalue weighted by atomic mass is 16.5. The lowest BCUT2D eigenvalue weighted by atomic mass is 10.1. The number of hydrogen-bond donors (Lipinski definition) is 0. The summed E-state index contributed by atoms with van der Waals surface area (Å²) in [5.41, 5.74) is 3.11. The van der Waals surface area contributed by atoms with E-state index in [4.69, 9.17) is 20.3 Å². The minimum absolute atomic E-state index is 0.353. The van der Waals surface area contributed by atoms with Crippen LogP contribution in [0, 0.1) is 26.2 Å². The number of benzene rings is 2. The summed E-state index contributed by atoms with van der Waals surface area (Å²) in [7, 11) is 0. The number of rotatable bonds is 7. The van der Waals surface area contributed by atoms with E-state index in [9.17, 15) is 4.79 Å². The number of unbranched alkanes of at least 4 members (excludes halogenated alkanes) is 1. The Morgan fingerprint density at radius 1 is 1.07 bits per heavy atom. The molecular formula is C23H22O4. The van der Waals surface area contributed by atoms with Gasteiger partial charge in [0.2, 0.25) is 0 Å². The van der Waals surface area contributed by atoms with Crippen LogP contribution in [0.1, 0.15) is 29.5 Å². The van der Waals surface area contributed by atoms with Crippen molar-refractivity contribution < 1.29 is 13.9 Å². The van der Waals surface area contributed by atoms with Crippen LogP contribution in [0.2, 0.25) is 0 Å². The van der Waals surface area contributed by atoms with Crippen LogP contribution in [0.15, 0.2) is 51.7 Å². The van der Waals surface area contributed by atoms with Crippen LogP contribution < -0.4 is 15.1 Å². The van der Waals surface area contributed by atoms with E-state index >= 15 is 0 Å². The van der Waals surface area contributed by atoms with Crippen LogP contribution in [0.3, 0.4) is 0 Å². The molecule has 27 heavy (non-hydrogen) atoms. The van der Waals surface area contributed by atoms with Crippen molar-refractivity contribution in [1.82, 2.24) is 0 Å². The van der Waals surface area contributed by atoms with E-state index in [0.29, 0.717) is 31.0 Å². The van der Waals surface area contributed by atoms with Gasteiger partial charge in [-0.2, -0.15) is 0 Å². The van der Waals surface area contributed by atoms with Gasteiger partial charge in [0.25, 0.3) is 0 Å². The van der Waals surface area contributed by atoms with Crippen LogP contribution in [0.5, 0.6) is 11.5 Å². The minimum Gasteiger partial charge on any atom is -0.493 e. The molecule has 0 unspecified atom stereocenters. The third kappa shape index (κ3) is 4.71. The van der Waals surface area contributed by atoms with Gasteiger partial charge in [0, 0.05) is 29.5 Å². The second-order valence-corrected chi connectivity index (χ2v) is 6.46. The standard InChI is InChI=1S/C23H22O4/c1-4-5-6-11-25-21-12-16(2)7-8-18(21)15-26-19-9-10-20-17(3)13-23(24)27-22(20)14-19/h1,7-10,12-14H,5-6,11,15H2,2-3H3. The van der Waals surface area contributed by atoms with Gasteiger partial charge in [-0.3, -0.25) is 0 Å². The van der Waals surface area contributed by atoms with Crippen molar-refractivity contribution in [2.45, 2.75) is 33.3 Å². The van der Waals surface area contributed by atoms with E-state index in [1.807, 2.05) is 44.2 Å². The molecule has 3 rings (SSSR count). The van der Waals surface area contributed by atoms with E-state index in [0.717, 1.165) is 34.2 Å². The molecule has 3 aromatic rings. The Balaban J connectivity index is 1.75. The zero-order chi connectivity index (χ0) is 19.2. The maximum absolute atomic E-state index is 11.6. The van der Waals surface area contributed by atoms with Crippen LogP contribution in [-0.4, -0.2) is 6.61 Å². The minimum atomic E-state index is -0.363. The van der Waals surface area contributed by atoms with Gasteiger partial charge >= 0.3 is 5.63 Å². The highest BCUT2D eigenvalue weighted by Crippen LogP contribution is 2.25. The van der Waals surface area contributed by atoms with Gasteiger partial charge in [0.15, 0.2) is 0 Å². The number of fused-ring (bicyclic) bond motifs is 1. The first-order chi connectivity index (χ1) is 13.1. The van der Waals surface area contributed by atoms with Crippen molar-refractivity contribution >= 4 is 11.0 Å². The smallest absolute Gasteiger partial charge is 0.336 e. The molecule has 0 spiro atoms. The quantitative estimate of drug-likeness (QED) is 0.345. The van der Waals surface area contributed by atoms with Crippen LogP contribution >= 0.6 is 0 Å². The highest BCUT2D eigenvalue weighted by Gasteiger charge is 2.08. The Labute approximate surface area is 158 Å². The molecule has 1 aromatic heterocycles. The molecule has 0 amide bonds. The molecule has 0 saturated heterocycles. The summed E-state index contributed by atoms with van der Waals surface area (Å²) < 4.78 is 17.1. The Kier molecular flexibility index (Phi) is 5.83. The number of hydrogen-bond acceptors (Lipinski definition) is 4. The third-order valence-corrected chi connectivity index (χ3v) is 4.26. The van der Waals surface area contributed by atoms with Gasteiger partial charge in [0.1, 0.15) is 23.7 Å². The lowest BCUT2D eigenvalue weighted by Crippen LogP contribution is -2.03. The van der Waals surface area contributed by atoms with Crippen LogP contribution in [0.4, 0.5) is 0 Å². The average molecular weight is 362 g/mol. The second-order valence-electron chi connectivity index (χ2n) is 6.46. The van der Waals surface area contributed by atoms with Crippen molar-refractivity contribution in [3.63, 3.8) is 0 Å². The lowest BCUT2D eigenvalue weighted by molar-refractivity contribution is 0.277. The number of ether oxygens (including phenoxy) is 2. The first-order valence-corrected chi connectivity index (χ1v) is 8.90. The predicted octanol–water partition coefficient (Wildman–Crippen LogP) is 4.78. The molecule has 0 aliphatic rings. The van der Waals surface area contributed by atoms with Crippen LogP contribution in [0.25, 0.3) is 11.0 Å². The van der Waals surface area contributed by atoms with E-state index in [-0.39, 0.29) is 5.63 Å². The molecule has 0 N–H and O–H groups in total. The molecule has 0 aliphatic carbocycles. The maximum atomic E-state index is 11.6. The molecular weight excluding hydrogens is 340 g/mol. The van der Waals surface area contributed by atoms with Gasteiger partial charge in [-0.1, -0.05) is 12.1 Å². The molecule has 4 heteroatoms. The summed E-state index contributed by atoms with van der Waals surface area (Å²) in [6, 6.07) is 13.0. The topological polar surface area (TPSA) is 48.7 Å². The van der Waals surface area contributed by atoms with Gasteiger partial charge in [-0.25, -0.2) is 4.79 Å². The summed E-state index contributed by atoms with van der Waals surface area (Å²) in [4.78, 5) is 11.6. The Hall–Kier alpha value is -3.19. The monoisotopic (exact) mass is 362 g/mol. The fourth-order valence-corrected chi connectivity index (χ4v) is 2.83. The van der Waals surface area contributed by atoms with Crippen molar-refractivity contribution in [3.8, 4) is 23.8 Å². The molecule has 0 bridgehead atoms. The van der Waals surface area contributed by atoms with Crippen molar-refractivity contribution in [1.29, 1.82) is 0 Å². The first kappa shape index (κ1) is 18.6. The molecule has 0 radical (unpaired) electrons.